The molecule has 9 nitrogen and oxygen atoms in total. The Labute approximate surface area is 181 Å². The fourth-order valence-electron chi connectivity index (χ4n) is 3.91. The zero-order valence-corrected chi connectivity index (χ0v) is 18.1. The molecular weight excluding hydrogens is 396 g/mol. The van der Waals surface area contributed by atoms with Gasteiger partial charge in [0.25, 0.3) is 0 Å². The van der Waals surface area contributed by atoms with Gasteiger partial charge in [0.15, 0.2) is 5.82 Å². The molecule has 3 heterocycles. The van der Waals surface area contributed by atoms with Gasteiger partial charge < -0.3 is 25.2 Å². The second kappa shape index (κ2) is 8.89. The largest absolute Gasteiger partial charge is 0.377 e. The molecule has 0 spiro atoms. The lowest BCUT2D eigenvalue weighted by Gasteiger charge is -2.35. The Balaban J connectivity index is 1.67. The van der Waals surface area contributed by atoms with Crippen LogP contribution >= 0.6 is 0 Å². The van der Waals surface area contributed by atoms with Crippen LogP contribution in [0.25, 0.3) is 11.4 Å². The molecule has 1 atom stereocenters. The van der Waals surface area contributed by atoms with Gasteiger partial charge in [-0.2, -0.15) is 0 Å². The second-order valence-electron chi connectivity index (χ2n) is 7.85. The Bertz CT molecular complexity index is 978. The maximum Gasteiger partial charge on any atom is 0.319 e. The maximum atomic E-state index is 12.0. The van der Waals surface area contributed by atoms with Crippen LogP contribution in [-0.2, 0) is 22.6 Å². The van der Waals surface area contributed by atoms with E-state index in [1.807, 2.05) is 31.2 Å². The van der Waals surface area contributed by atoms with Crippen LogP contribution in [0.4, 0.5) is 16.3 Å². The number of hydrogen-bond acceptors (Lipinski definition) is 6. The Hall–Kier alpha value is -3.20. The first-order chi connectivity index (χ1) is 15.0. The number of urea groups is 1. The number of morpholine rings is 1. The molecule has 2 aromatic rings. The Morgan fingerprint density at radius 2 is 1.97 bits per heavy atom. The summed E-state index contributed by atoms with van der Waals surface area (Å²) < 4.78 is 5.60. The van der Waals surface area contributed by atoms with E-state index in [1.54, 1.807) is 11.8 Å². The SMILES string of the molecule is CCNC(=O)Nc1ccc(-c2nc3c(c(N4CCOCC4C)n2)CN(C(C)=O)C3)cc1. The Morgan fingerprint density at radius 1 is 1.19 bits per heavy atom. The van der Waals surface area contributed by atoms with Gasteiger partial charge in [-0.25, -0.2) is 14.8 Å². The molecule has 3 amide bonds. The third-order valence-corrected chi connectivity index (χ3v) is 5.58. The molecule has 0 aliphatic carbocycles. The van der Waals surface area contributed by atoms with E-state index in [2.05, 4.69) is 22.5 Å². The molecule has 1 aromatic carbocycles. The third kappa shape index (κ3) is 4.46. The number of carbonyl (C=O) groups is 2. The van der Waals surface area contributed by atoms with Gasteiger partial charge >= 0.3 is 6.03 Å². The number of carbonyl (C=O) groups excluding carboxylic acids is 2. The highest BCUT2D eigenvalue weighted by molar-refractivity contribution is 5.89. The van der Waals surface area contributed by atoms with Gasteiger partial charge in [0.05, 0.1) is 38.0 Å². The van der Waals surface area contributed by atoms with Crippen LogP contribution in [0.2, 0.25) is 0 Å². The summed E-state index contributed by atoms with van der Waals surface area (Å²) in [4.78, 5) is 37.5. The number of benzene rings is 1. The summed E-state index contributed by atoms with van der Waals surface area (Å²) in [6.07, 6.45) is 0. The number of fused-ring (bicyclic) bond motifs is 1. The summed E-state index contributed by atoms with van der Waals surface area (Å²) in [7, 11) is 0. The molecule has 1 unspecified atom stereocenters. The van der Waals surface area contributed by atoms with Crippen LogP contribution in [0.1, 0.15) is 32.0 Å². The number of anilines is 2. The van der Waals surface area contributed by atoms with Crippen LogP contribution in [0.15, 0.2) is 24.3 Å². The minimum Gasteiger partial charge on any atom is -0.377 e. The highest BCUT2D eigenvalue weighted by Gasteiger charge is 2.31. The normalized spacial score (nSPS) is 18.0. The molecule has 1 aromatic heterocycles. The van der Waals surface area contributed by atoms with Crippen molar-refractivity contribution in [3.63, 3.8) is 0 Å². The molecule has 1 saturated heterocycles. The van der Waals surface area contributed by atoms with E-state index in [-0.39, 0.29) is 18.0 Å². The van der Waals surface area contributed by atoms with Gasteiger partial charge in [-0.15, -0.1) is 0 Å². The summed E-state index contributed by atoms with van der Waals surface area (Å²) in [5.41, 5.74) is 3.45. The molecule has 31 heavy (non-hydrogen) atoms. The minimum absolute atomic E-state index is 0.0290. The highest BCUT2D eigenvalue weighted by atomic mass is 16.5. The third-order valence-electron chi connectivity index (χ3n) is 5.58. The van der Waals surface area contributed by atoms with Crippen molar-refractivity contribution in [2.45, 2.75) is 39.9 Å². The summed E-state index contributed by atoms with van der Waals surface area (Å²) in [5.74, 6) is 1.52. The number of ether oxygens (including phenoxy) is 1. The van der Waals surface area contributed by atoms with Crippen LogP contribution in [-0.4, -0.2) is 59.2 Å². The van der Waals surface area contributed by atoms with Crippen LogP contribution in [0.5, 0.6) is 0 Å². The summed E-state index contributed by atoms with van der Waals surface area (Å²) in [6.45, 7) is 9.19. The van der Waals surface area contributed by atoms with Crippen LogP contribution < -0.4 is 15.5 Å². The molecule has 1 fully saturated rings. The van der Waals surface area contributed by atoms with Crippen molar-refractivity contribution in [1.82, 2.24) is 20.2 Å². The predicted octanol–water partition coefficient (Wildman–Crippen LogP) is 2.37. The van der Waals surface area contributed by atoms with E-state index in [0.717, 1.165) is 29.2 Å². The van der Waals surface area contributed by atoms with Crippen molar-refractivity contribution < 1.29 is 14.3 Å². The number of rotatable bonds is 4. The van der Waals surface area contributed by atoms with E-state index in [1.165, 1.54) is 0 Å². The number of nitrogens with one attached hydrogen (secondary N) is 2. The van der Waals surface area contributed by atoms with Gasteiger partial charge in [0, 0.05) is 36.8 Å². The van der Waals surface area contributed by atoms with E-state index in [0.29, 0.717) is 44.4 Å². The average molecular weight is 425 g/mol. The summed E-state index contributed by atoms with van der Waals surface area (Å²) in [6, 6.07) is 7.41. The minimum atomic E-state index is -0.239. The predicted molar refractivity (Wildman–Crippen MR) is 118 cm³/mol. The van der Waals surface area contributed by atoms with E-state index >= 15 is 0 Å². The molecule has 2 aliphatic heterocycles. The molecule has 2 N–H and O–H groups in total. The fraction of sp³-hybridized carbons (Fsp3) is 0.455. The number of hydrogen-bond donors (Lipinski definition) is 2. The van der Waals surface area contributed by atoms with Crippen molar-refractivity contribution in [2.75, 3.05) is 36.5 Å². The summed E-state index contributed by atoms with van der Waals surface area (Å²) >= 11 is 0. The second-order valence-corrected chi connectivity index (χ2v) is 7.85. The van der Waals surface area contributed by atoms with Gasteiger partial charge in [0.1, 0.15) is 5.82 Å². The molecule has 9 heteroatoms. The van der Waals surface area contributed by atoms with Gasteiger partial charge in [0.2, 0.25) is 5.91 Å². The molecule has 0 radical (unpaired) electrons. The standard InChI is InChI=1S/C22H28N6O3/c1-4-23-22(30)24-17-7-5-16(6-8-17)20-25-19-12-27(15(3)29)11-18(19)21(26-20)28-9-10-31-13-14(28)2/h5-8,14H,4,9-13H2,1-3H3,(H2,23,24,30). The summed E-state index contributed by atoms with van der Waals surface area (Å²) in [5, 5.41) is 5.50. The topological polar surface area (TPSA) is 99.7 Å². The zero-order chi connectivity index (χ0) is 22.0. The van der Waals surface area contributed by atoms with E-state index < -0.39 is 0 Å². The van der Waals surface area contributed by atoms with Crippen molar-refractivity contribution in [3.05, 3.63) is 35.5 Å². The first kappa shape index (κ1) is 21.0. The Kier molecular flexibility index (Phi) is 6.03. The van der Waals surface area contributed by atoms with Crippen LogP contribution in [0, 0.1) is 0 Å². The first-order valence-electron chi connectivity index (χ1n) is 10.6. The van der Waals surface area contributed by atoms with Crippen molar-refractivity contribution >= 4 is 23.4 Å². The van der Waals surface area contributed by atoms with Crippen molar-refractivity contribution in [3.8, 4) is 11.4 Å². The number of amides is 3. The first-order valence-corrected chi connectivity index (χ1v) is 10.6. The van der Waals surface area contributed by atoms with Crippen molar-refractivity contribution in [1.29, 1.82) is 0 Å². The fourth-order valence-corrected chi connectivity index (χ4v) is 3.91. The lowest BCUT2D eigenvalue weighted by Crippen LogP contribution is -2.44. The number of nitrogens with zero attached hydrogens (tertiary/aromatic N) is 4. The van der Waals surface area contributed by atoms with Crippen molar-refractivity contribution in [2.24, 2.45) is 0 Å². The molecule has 164 valence electrons. The molecule has 4 rings (SSSR count). The van der Waals surface area contributed by atoms with Gasteiger partial charge in [-0.05, 0) is 38.1 Å². The van der Waals surface area contributed by atoms with E-state index in [9.17, 15) is 9.59 Å². The zero-order valence-electron chi connectivity index (χ0n) is 18.1. The quantitative estimate of drug-likeness (QED) is 0.782. The Morgan fingerprint density at radius 3 is 2.65 bits per heavy atom. The lowest BCUT2D eigenvalue weighted by molar-refractivity contribution is -0.129. The maximum absolute atomic E-state index is 12.0. The van der Waals surface area contributed by atoms with E-state index in [4.69, 9.17) is 14.7 Å². The highest BCUT2D eigenvalue weighted by Crippen LogP contribution is 2.33. The molecule has 2 aliphatic rings. The average Bonchev–Trinajstić information content (AvgIpc) is 3.19. The van der Waals surface area contributed by atoms with Crippen LogP contribution in [0.3, 0.4) is 0 Å². The lowest BCUT2D eigenvalue weighted by atomic mass is 10.1. The smallest absolute Gasteiger partial charge is 0.319 e. The number of aromatic nitrogens is 2. The van der Waals surface area contributed by atoms with Gasteiger partial charge in [-0.1, -0.05) is 0 Å². The monoisotopic (exact) mass is 424 g/mol. The molecular formula is C22H28N6O3. The molecule has 0 saturated carbocycles. The molecule has 0 bridgehead atoms. The van der Waals surface area contributed by atoms with Gasteiger partial charge in [-0.3, -0.25) is 4.79 Å².